The van der Waals surface area contributed by atoms with E-state index in [1.807, 2.05) is 0 Å². The predicted octanol–water partition coefficient (Wildman–Crippen LogP) is 2.99. The molecule has 0 bridgehead atoms. The van der Waals surface area contributed by atoms with E-state index in [0.29, 0.717) is 5.57 Å². The van der Waals surface area contributed by atoms with Crippen LogP contribution in [0, 0.1) is 0 Å². The monoisotopic (exact) mass is 261 g/mol. The summed E-state index contributed by atoms with van der Waals surface area (Å²) < 4.78 is 42.4. The van der Waals surface area contributed by atoms with Crippen LogP contribution in [-0.2, 0) is 4.74 Å². The van der Waals surface area contributed by atoms with Gasteiger partial charge in [-0.15, -0.1) is 0 Å². The van der Waals surface area contributed by atoms with Gasteiger partial charge in [0, 0.05) is 12.1 Å². The largest absolute Gasteiger partial charge is 0.412 e. The van der Waals surface area contributed by atoms with Gasteiger partial charge in [0.2, 0.25) is 0 Å². The minimum absolute atomic E-state index is 0.140. The van der Waals surface area contributed by atoms with Crippen molar-refractivity contribution in [3.05, 3.63) is 36.0 Å². The van der Waals surface area contributed by atoms with Crippen molar-refractivity contribution in [2.24, 2.45) is 0 Å². The van der Waals surface area contributed by atoms with Gasteiger partial charge in [0.25, 0.3) is 0 Å². The lowest BCUT2D eigenvalue weighted by Crippen LogP contribution is -2.17. The van der Waals surface area contributed by atoms with Gasteiger partial charge < -0.3 is 10.1 Å². The molecule has 0 aromatic carbocycles. The van der Waals surface area contributed by atoms with Crippen molar-refractivity contribution >= 4 is 0 Å². The molecule has 1 saturated heterocycles. The lowest BCUT2D eigenvalue weighted by atomic mass is 10.2. The van der Waals surface area contributed by atoms with E-state index < -0.39 is 11.7 Å². The highest BCUT2D eigenvalue weighted by Crippen LogP contribution is 2.24. The zero-order chi connectivity index (χ0) is 13.6. The van der Waals surface area contributed by atoms with Crippen molar-refractivity contribution in [1.29, 1.82) is 0 Å². The number of hydrogen-bond acceptors (Lipinski definition) is 2. The second-order valence-electron chi connectivity index (χ2n) is 4.22. The minimum atomic E-state index is -4.28. The number of hydrogen-bond donors (Lipinski definition) is 1. The van der Waals surface area contributed by atoms with Crippen molar-refractivity contribution in [1.82, 2.24) is 5.32 Å². The fourth-order valence-corrected chi connectivity index (χ4v) is 1.49. The van der Waals surface area contributed by atoms with Crippen LogP contribution in [0.3, 0.4) is 0 Å². The normalized spacial score (nSPS) is 22.3. The lowest BCUT2D eigenvalue weighted by molar-refractivity contribution is -0.0913. The SMILES string of the molecule is C=C/C(=C\C=C(/C)C(F)(F)F)COC1CCNC1. The van der Waals surface area contributed by atoms with Gasteiger partial charge in [-0.2, -0.15) is 13.2 Å². The van der Waals surface area contributed by atoms with E-state index in [0.717, 1.165) is 32.5 Å². The summed E-state index contributed by atoms with van der Waals surface area (Å²) in [7, 11) is 0. The quantitative estimate of drug-likeness (QED) is 0.768. The Bertz CT molecular complexity index is 339. The molecular weight excluding hydrogens is 243 g/mol. The molecule has 0 amide bonds. The third-order valence-electron chi connectivity index (χ3n) is 2.76. The first-order valence-electron chi connectivity index (χ1n) is 5.83. The van der Waals surface area contributed by atoms with Gasteiger partial charge in [-0.05, 0) is 25.5 Å². The van der Waals surface area contributed by atoms with E-state index >= 15 is 0 Å². The molecule has 5 heteroatoms. The Kier molecular flexibility index (Phi) is 5.62. The first kappa shape index (κ1) is 15.0. The summed E-state index contributed by atoms with van der Waals surface area (Å²) in [4.78, 5) is 0. The Hall–Kier alpha value is -1.07. The smallest absolute Gasteiger partial charge is 0.372 e. The van der Waals surface area contributed by atoms with Crippen LogP contribution in [0.4, 0.5) is 13.2 Å². The number of rotatable bonds is 5. The summed E-state index contributed by atoms with van der Waals surface area (Å²) >= 11 is 0. The van der Waals surface area contributed by atoms with E-state index in [1.54, 1.807) is 0 Å². The van der Waals surface area contributed by atoms with Crippen LogP contribution < -0.4 is 5.32 Å². The van der Waals surface area contributed by atoms with E-state index in [9.17, 15) is 13.2 Å². The second kappa shape index (κ2) is 6.75. The maximum Gasteiger partial charge on any atom is 0.412 e. The molecule has 0 radical (unpaired) electrons. The number of nitrogens with one attached hydrogen (secondary N) is 1. The second-order valence-corrected chi connectivity index (χ2v) is 4.22. The molecule has 0 saturated carbocycles. The maximum atomic E-state index is 12.3. The third-order valence-corrected chi connectivity index (χ3v) is 2.76. The van der Waals surface area contributed by atoms with Crippen LogP contribution in [0.1, 0.15) is 13.3 Å². The van der Waals surface area contributed by atoms with Gasteiger partial charge in [0.1, 0.15) is 0 Å². The van der Waals surface area contributed by atoms with Gasteiger partial charge in [-0.1, -0.05) is 24.8 Å². The lowest BCUT2D eigenvalue weighted by Gasteiger charge is -2.10. The Morgan fingerprint density at radius 1 is 1.44 bits per heavy atom. The van der Waals surface area contributed by atoms with Crippen LogP contribution >= 0.6 is 0 Å². The molecule has 1 atom stereocenters. The van der Waals surface area contributed by atoms with Gasteiger partial charge in [-0.3, -0.25) is 0 Å². The molecule has 1 aliphatic heterocycles. The van der Waals surface area contributed by atoms with Crippen LogP contribution in [-0.4, -0.2) is 32.0 Å². The fourth-order valence-electron chi connectivity index (χ4n) is 1.49. The molecule has 0 aromatic heterocycles. The average molecular weight is 261 g/mol. The number of alkyl halides is 3. The number of ether oxygens (including phenoxy) is 1. The number of allylic oxidation sites excluding steroid dienone is 3. The molecular formula is C13H18F3NO. The highest BCUT2D eigenvalue weighted by molar-refractivity contribution is 5.25. The molecule has 0 aromatic rings. The average Bonchev–Trinajstić information content (AvgIpc) is 2.80. The maximum absolute atomic E-state index is 12.3. The summed E-state index contributed by atoms with van der Waals surface area (Å²) in [5.74, 6) is 0. The van der Waals surface area contributed by atoms with Gasteiger partial charge in [-0.25, -0.2) is 0 Å². The molecule has 102 valence electrons. The molecule has 0 aliphatic carbocycles. The number of halogens is 3. The van der Waals surface area contributed by atoms with Crippen molar-refractivity contribution in [2.45, 2.75) is 25.6 Å². The van der Waals surface area contributed by atoms with E-state index in [2.05, 4.69) is 11.9 Å². The Morgan fingerprint density at radius 2 is 2.17 bits per heavy atom. The van der Waals surface area contributed by atoms with E-state index in [-0.39, 0.29) is 12.7 Å². The van der Waals surface area contributed by atoms with Crippen LogP contribution in [0.5, 0.6) is 0 Å². The van der Waals surface area contributed by atoms with Crippen LogP contribution in [0.15, 0.2) is 36.0 Å². The first-order chi connectivity index (χ1) is 8.43. The predicted molar refractivity (Wildman–Crippen MR) is 65.3 cm³/mol. The van der Waals surface area contributed by atoms with E-state index in [4.69, 9.17) is 4.74 Å². The van der Waals surface area contributed by atoms with Crippen LogP contribution in [0.2, 0.25) is 0 Å². The summed E-state index contributed by atoms with van der Waals surface area (Å²) in [6.07, 6.45) is 0.760. The highest BCUT2D eigenvalue weighted by atomic mass is 19.4. The standard InChI is InChI=1S/C13H18F3NO/c1-3-11(5-4-10(2)13(14,15)16)9-18-12-6-7-17-8-12/h3-5,12,17H,1,6-9H2,2H3/b10-4+,11-5+. The van der Waals surface area contributed by atoms with Crippen molar-refractivity contribution in [3.63, 3.8) is 0 Å². The molecule has 1 aliphatic rings. The molecule has 1 heterocycles. The van der Waals surface area contributed by atoms with Crippen molar-refractivity contribution < 1.29 is 17.9 Å². The third kappa shape index (κ3) is 5.06. The molecule has 2 nitrogen and oxygen atoms in total. The zero-order valence-electron chi connectivity index (χ0n) is 10.4. The Balaban J connectivity index is 2.51. The molecule has 1 N–H and O–H groups in total. The topological polar surface area (TPSA) is 21.3 Å². The highest BCUT2D eigenvalue weighted by Gasteiger charge is 2.29. The van der Waals surface area contributed by atoms with Crippen LogP contribution in [0.25, 0.3) is 0 Å². The molecule has 1 unspecified atom stereocenters. The van der Waals surface area contributed by atoms with Gasteiger partial charge in [0.05, 0.1) is 12.7 Å². The molecule has 1 rings (SSSR count). The van der Waals surface area contributed by atoms with E-state index in [1.165, 1.54) is 12.2 Å². The summed E-state index contributed by atoms with van der Waals surface area (Å²) in [5, 5.41) is 3.15. The van der Waals surface area contributed by atoms with Gasteiger partial charge >= 0.3 is 6.18 Å². The molecule has 0 spiro atoms. The molecule has 18 heavy (non-hydrogen) atoms. The molecule has 1 fully saturated rings. The Labute approximate surface area is 105 Å². The summed E-state index contributed by atoms with van der Waals surface area (Å²) in [6, 6.07) is 0. The summed E-state index contributed by atoms with van der Waals surface area (Å²) in [5.41, 5.74) is 0.00915. The van der Waals surface area contributed by atoms with Crippen molar-refractivity contribution in [3.8, 4) is 0 Å². The van der Waals surface area contributed by atoms with Crippen molar-refractivity contribution in [2.75, 3.05) is 19.7 Å². The Morgan fingerprint density at radius 3 is 2.67 bits per heavy atom. The minimum Gasteiger partial charge on any atom is -0.372 e. The first-order valence-corrected chi connectivity index (χ1v) is 5.83. The fraction of sp³-hybridized carbons (Fsp3) is 0.538. The summed E-state index contributed by atoms with van der Waals surface area (Å²) in [6.45, 7) is 6.62. The zero-order valence-corrected chi connectivity index (χ0v) is 10.4. The van der Waals surface area contributed by atoms with Gasteiger partial charge in [0.15, 0.2) is 0 Å².